The van der Waals surface area contributed by atoms with Gasteiger partial charge < -0.3 is 15.1 Å². The molecule has 0 atom stereocenters. The smallest absolute Gasteiger partial charge is 0.394 e. The van der Waals surface area contributed by atoms with Gasteiger partial charge in [-0.3, -0.25) is 0 Å². The van der Waals surface area contributed by atoms with E-state index in [-0.39, 0.29) is 37.4 Å². The summed E-state index contributed by atoms with van der Waals surface area (Å²) in [5.74, 6) is 0.435. The van der Waals surface area contributed by atoms with E-state index in [9.17, 15) is 31.4 Å². The molecule has 2 N–H and O–H groups in total. The fourth-order valence-corrected chi connectivity index (χ4v) is 3.72. The van der Waals surface area contributed by atoms with Gasteiger partial charge in [0.2, 0.25) is 0 Å². The van der Waals surface area contributed by atoms with Crippen LogP contribution in [0.2, 0.25) is 0 Å². The van der Waals surface area contributed by atoms with E-state index in [2.05, 4.69) is 4.99 Å². The SMILES string of the molecule is CC(=Nc1ccccc1C)N(CCc1ccc(CO)cc1)Cc1ccc(C(F)(F)F)cc1C(F)(F)F.CC(C)O. The minimum atomic E-state index is -4.95. The predicted molar refractivity (Wildman–Crippen MR) is 144 cm³/mol. The van der Waals surface area contributed by atoms with Gasteiger partial charge in [-0.15, -0.1) is 0 Å². The molecule has 0 unspecified atom stereocenters. The Balaban J connectivity index is 0.00000131. The van der Waals surface area contributed by atoms with Crippen molar-refractivity contribution in [3.63, 3.8) is 0 Å². The predicted octanol–water partition coefficient (Wildman–Crippen LogP) is 7.71. The van der Waals surface area contributed by atoms with Crippen LogP contribution in [0.15, 0.2) is 71.7 Å². The van der Waals surface area contributed by atoms with E-state index in [0.29, 0.717) is 24.0 Å². The Kier molecular flexibility index (Phi) is 11.8. The molecule has 0 aliphatic heterocycles. The monoisotopic (exact) mass is 568 g/mol. The first-order valence-electron chi connectivity index (χ1n) is 12.6. The molecule has 0 spiro atoms. The van der Waals surface area contributed by atoms with E-state index in [1.165, 1.54) is 0 Å². The number of aliphatic hydroxyl groups is 2. The third kappa shape index (κ3) is 10.3. The molecule has 218 valence electrons. The quantitative estimate of drug-likeness (QED) is 0.174. The summed E-state index contributed by atoms with van der Waals surface area (Å²) in [6, 6.07) is 16.1. The Hall–Kier alpha value is -3.37. The first kappa shape index (κ1) is 32.8. The van der Waals surface area contributed by atoms with E-state index in [1.807, 2.05) is 31.2 Å². The van der Waals surface area contributed by atoms with Crippen molar-refractivity contribution in [2.75, 3.05) is 6.54 Å². The maximum Gasteiger partial charge on any atom is 0.416 e. The molecule has 3 aromatic rings. The maximum absolute atomic E-state index is 13.8. The second-order valence-corrected chi connectivity index (χ2v) is 9.55. The van der Waals surface area contributed by atoms with Crippen molar-refractivity contribution in [1.82, 2.24) is 4.90 Å². The number of rotatable bonds is 7. The average Bonchev–Trinajstić information content (AvgIpc) is 2.86. The number of halogens is 6. The molecule has 4 nitrogen and oxygen atoms in total. The lowest BCUT2D eigenvalue weighted by Crippen LogP contribution is -2.31. The third-order valence-corrected chi connectivity index (χ3v) is 5.84. The molecule has 0 amide bonds. The van der Waals surface area contributed by atoms with Gasteiger partial charge in [-0.1, -0.05) is 48.5 Å². The fraction of sp³-hybridized carbons (Fsp3) is 0.367. The lowest BCUT2D eigenvalue weighted by Gasteiger charge is -2.27. The van der Waals surface area contributed by atoms with Crippen LogP contribution in [-0.4, -0.2) is 33.6 Å². The van der Waals surface area contributed by atoms with Gasteiger partial charge in [0.25, 0.3) is 0 Å². The average molecular weight is 569 g/mol. The van der Waals surface area contributed by atoms with Gasteiger partial charge in [0.15, 0.2) is 0 Å². The Labute approximate surface area is 230 Å². The van der Waals surface area contributed by atoms with Crippen LogP contribution in [0.25, 0.3) is 0 Å². The van der Waals surface area contributed by atoms with Crippen LogP contribution >= 0.6 is 0 Å². The molecule has 0 aromatic heterocycles. The molecular formula is C30H34F6N2O2. The van der Waals surface area contributed by atoms with Crippen LogP contribution < -0.4 is 0 Å². The topological polar surface area (TPSA) is 56.1 Å². The van der Waals surface area contributed by atoms with E-state index >= 15 is 0 Å². The zero-order chi connectivity index (χ0) is 30.1. The Morgan fingerprint density at radius 2 is 1.45 bits per heavy atom. The number of hydrogen-bond acceptors (Lipinski definition) is 3. The van der Waals surface area contributed by atoms with Crippen LogP contribution in [0.1, 0.15) is 54.2 Å². The standard InChI is InChI=1S/C27H26F6N2O.C3H8O/c1-18-5-3-4-6-25(18)34-19(2)35(14-13-20-7-9-21(17-36)10-8-20)16-22-11-12-23(26(28,29)30)15-24(22)27(31,32)33;1-3(2)4/h3-12,15,36H,13-14,16-17H2,1-2H3;3-4H,1-2H3. The van der Waals surface area contributed by atoms with Crippen LogP contribution in [0, 0.1) is 6.92 Å². The minimum Gasteiger partial charge on any atom is -0.394 e. The van der Waals surface area contributed by atoms with E-state index in [1.54, 1.807) is 49.9 Å². The van der Waals surface area contributed by atoms with Crippen LogP contribution in [0.4, 0.5) is 32.0 Å². The summed E-state index contributed by atoms with van der Waals surface area (Å²) in [5.41, 5.74) is 0.206. The molecule has 0 radical (unpaired) electrons. The number of benzene rings is 3. The van der Waals surface area contributed by atoms with Crippen molar-refractivity contribution in [2.24, 2.45) is 4.99 Å². The van der Waals surface area contributed by atoms with Crippen molar-refractivity contribution >= 4 is 11.5 Å². The second kappa shape index (κ2) is 14.3. The van der Waals surface area contributed by atoms with Crippen molar-refractivity contribution in [3.05, 3.63) is 100 Å². The summed E-state index contributed by atoms with van der Waals surface area (Å²) in [7, 11) is 0. The largest absolute Gasteiger partial charge is 0.416 e. The van der Waals surface area contributed by atoms with Gasteiger partial charge in [0.1, 0.15) is 5.84 Å². The zero-order valence-corrected chi connectivity index (χ0v) is 22.8. The van der Waals surface area contributed by atoms with E-state index in [4.69, 9.17) is 5.11 Å². The van der Waals surface area contributed by atoms with Gasteiger partial charge in [-0.25, -0.2) is 4.99 Å². The molecule has 0 saturated heterocycles. The second-order valence-electron chi connectivity index (χ2n) is 9.55. The van der Waals surface area contributed by atoms with E-state index in [0.717, 1.165) is 22.8 Å². The third-order valence-electron chi connectivity index (χ3n) is 5.84. The molecule has 0 heterocycles. The number of para-hydroxylation sites is 1. The molecule has 0 saturated carbocycles. The minimum absolute atomic E-state index is 0.108. The maximum atomic E-state index is 13.8. The highest BCUT2D eigenvalue weighted by atomic mass is 19.4. The van der Waals surface area contributed by atoms with Crippen LogP contribution in [0.5, 0.6) is 0 Å². The van der Waals surface area contributed by atoms with Crippen molar-refractivity contribution in [1.29, 1.82) is 0 Å². The van der Waals surface area contributed by atoms with Crippen LogP contribution in [0.3, 0.4) is 0 Å². The number of aliphatic hydroxyl groups excluding tert-OH is 2. The first-order chi connectivity index (χ1) is 18.6. The molecule has 0 bridgehead atoms. The molecule has 3 rings (SSSR count). The summed E-state index contributed by atoms with van der Waals surface area (Å²) in [6.07, 6.45) is -9.56. The van der Waals surface area contributed by atoms with Gasteiger partial charge in [-0.2, -0.15) is 26.3 Å². The van der Waals surface area contributed by atoms with E-state index < -0.39 is 23.5 Å². The van der Waals surface area contributed by atoms with Gasteiger partial charge >= 0.3 is 12.4 Å². The normalized spacial score (nSPS) is 12.3. The molecule has 10 heteroatoms. The highest BCUT2D eigenvalue weighted by molar-refractivity contribution is 5.83. The number of aryl methyl sites for hydroxylation is 1. The number of nitrogens with zero attached hydrogens (tertiary/aromatic N) is 2. The first-order valence-corrected chi connectivity index (χ1v) is 12.6. The Morgan fingerprint density at radius 1 is 0.875 bits per heavy atom. The Morgan fingerprint density at radius 3 is 1.98 bits per heavy atom. The Bertz CT molecular complexity index is 1250. The summed E-state index contributed by atoms with van der Waals surface area (Å²) < 4.78 is 80.6. The number of hydrogen-bond donors (Lipinski definition) is 2. The fourth-order valence-electron chi connectivity index (χ4n) is 3.72. The van der Waals surface area contributed by atoms with Gasteiger partial charge in [-0.05, 0) is 74.6 Å². The highest BCUT2D eigenvalue weighted by Gasteiger charge is 2.38. The highest BCUT2D eigenvalue weighted by Crippen LogP contribution is 2.38. The summed E-state index contributed by atoms with van der Waals surface area (Å²) in [4.78, 5) is 6.22. The van der Waals surface area contributed by atoms with Gasteiger partial charge in [0.05, 0.1) is 23.4 Å². The van der Waals surface area contributed by atoms with Crippen LogP contribution in [-0.2, 0) is 31.9 Å². The number of aliphatic imine (C=N–C) groups is 1. The molecule has 0 aliphatic rings. The summed E-state index contributed by atoms with van der Waals surface area (Å²) in [5, 5.41) is 17.3. The number of amidine groups is 1. The lowest BCUT2D eigenvalue weighted by molar-refractivity contribution is -0.143. The van der Waals surface area contributed by atoms with Crippen molar-refractivity contribution in [2.45, 2.75) is 65.7 Å². The summed E-state index contributed by atoms with van der Waals surface area (Å²) >= 11 is 0. The molecule has 0 aliphatic carbocycles. The van der Waals surface area contributed by atoms with Gasteiger partial charge in [0, 0.05) is 19.2 Å². The van der Waals surface area contributed by atoms with Crippen molar-refractivity contribution < 1.29 is 36.6 Å². The molecule has 3 aromatic carbocycles. The zero-order valence-electron chi connectivity index (χ0n) is 22.8. The van der Waals surface area contributed by atoms with Crippen molar-refractivity contribution in [3.8, 4) is 0 Å². The number of alkyl halides is 6. The molecule has 40 heavy (non-hydrogen) atoms. The molecule has 0 fully saturated rings. The molecular weight excluding hydrogens is 534 g/mol. The lowest BCUT2D eigenvalue weighted by atomic mass is 10.0. The summed E-state index contributed by atoms with van der Waals surface area (Å²) in [6.45, 7) is 6.86.